The number of methoxy groups -OCH3 is 1. The molecular formula is C13H19BrO2. The molecule has 1 aromatic carbocycles. The van der Waals surface area contributed by atoms with Gasteiger partial charge in [0.1, 0.15) is 5.75 Å². The van der Waals surface area contributed by atoms with Crippen LogP contribution in [-0.2, 0) is 16.5 Å². The molecule has 16 heavy (non-hydrogen) atoms. The monoisotopic (exact) mass is 286 g/mol. The Morgan fingerprint density at radius 1 is 1.25 bits per heavy atom. The minimum Gasteiger partial charge on any atom is -0.493 e. The van der Waals surface area contributed by atoms with E-state index in [1.165, 1.54) is 11.1 Å². The van der Waals surface area contributed by atoms with Crippen LogP contribution in [0.3, 0.4) is 0 Å². The highest BCUT2D eigenvalue weighted by Crippen LogP contribution is 2.22. The largest absolute Gasteiger partial charge is 0.493 e. The van der Waals surface area contributed by atoms with E-state index in [-0.39, 0.29) is 0 Å². The molecule has 1 rings (SSSR count). The van der Waals surface area contributed by atoms with Crippen molar-refractivity contribution in [2.45, 2.75) is 25.1 Å². The van der Waals surface area contributed by atoms with Gasteiger partial charge in [0.05, 0.1) is 6.61 Å². The number of alkyl halides is 1. The summed E-state index contributed by atoms with van der Waals surface area (Å²) in [4.78, 5) is 0. The summed E-state index contributed by atoms with van der Waals surface area (Å²) in [5, 5.41) is 0.866. The van der Waals surface area contributed by atoms with Gasteiger partial charge in [0.25, 0.3) is 0 Å². The zero-order valence-corrected chi connectivity index (χ0v) is 11.5. The maximum atomic E-state index is 5.77. The van der Waals surface area contributed by atoms with Crippen LogP contribution in [0.2, 0.25) is 0 Å². The summed E-state index contributed by atoms with van der Waals surface area (Å²) < 4.78 is 10.8. The van der Waals surface area contributed by atoms with E-state index < -0.39 is 0 Å². The second-order valence-corrected chi connectivity index (χ2v) is 4.18. The first-order valence-electron chi connectivity index (χ1n) is 5.61. The smallest absolute Gasteiger partial charge is 0.122 e. The first kappa shape index (κ1) is 13.5. The fraction of sp³-hybridized carbons (Fsp3) is 0.538. The van der Waals surface area contributed by atoms with Crippen molar-refractivity contribution in [3.8, 4) is 5.75 Å². The van der Waals surface area contributed by atoms with E-state index >= 15 is 0 Å². The summed E-state index contributed by atoms with van der Waals surface area (Å²) in [5.74, 6) is 1.01. The second kappa shape index (κ2) is 7.69. The van der Waals surface area contributed by atoms with Crippen LogP contribution < -0.4 is 4.74 Å². The fourth-order valence-electron chi connectivity index (χ4n) is 1.49. The third-order valence-corrected chi connectivity index (χ3v) is 3.06. The van der Waals surface area contributed by atoms with Crippen molar-refractivity contribution < 1.29 is 9.47 Å². The maximum Gasteiger partial charge on any atom is 0.122 e. The standard InChI is InChI=1S/C13H19BrO2/c1-3-12-6-5-11(10-14)9-13(12)16-8-4-7-15-2/h5-6,9H,3-4,7-8,10H2,1-2H3. The van der Waals surface area contributed by atoms with Gasteiger partial charge >= 0.3 is 0 Å². The number of hydrogen-bond acceptors (Lipinski definition) is 2. The molecule has 0 unspecified atom stereocenters. The van der Waals surface area contributed by atoms with Crippen LogP contribution in [0.25, 0.3) is 0 Å². The van der Waals surface area contributed by atoms with Crippen LogP contribution in [0.4, 0.5) is 0 Å². The lowest BCUT2D eigenvalue weighted by atomic mass is 10.1. The first-order valence-corrected chi connectivity index (χ1v) is 6.73. The Hall–Kier alpha value is -0.540. The van der Waals surface area contributed by atoms with Crippen LogP contribution in [0.1, 0.15) is 24.5 Å². The van der Waals surface area contributed by atoms with E-state index in [1.54, 1.807) is 7.11 Å². The highest BCUT2D eigenvalue weighted by molar-refractivity contribution is 9.08. The van der Waals surface area contributed by atoms with Crippen molar-refractivity contribution in [3.05, 3.63) is 29.3 Å². The Bertz CT molecular complexity index is 313. The zero-order chi connectivity index (χ0) is 11.8. The predicted octanol–water partition coefficient (Wildman–Crippen LogP) is 3.56. The van der Waals surface area contributed by atoms with Gasteiger partial charge in [0.15, 0.2) is 0 Å². The van der Waals surface area contributed by atoms with Crippen molar-refractivity contribution in [3.63, 3.8) is 0 Å². The Morgan fingerprint density at radius 3 is 2.69 bits per heavy atom. The number of hydrogen-bond donors (Lipinski definition) is 0. The van der Waals surface area contributed by atoms with Crippen molar-refractivity contribution in [2.75, 3.05) is 20.3 Å². The third kappa shape index (κ3) is 4.14. The number of benzene rings is 1. The van der Waals surface area contributed by atoms with Crippen molar-refractivity contribution in [1.29, 1.82) is 0 Å². The summed E-state index contributed by atoms with van der Waals surface area (Å²) in [7, 11) is 1.71. The van der Waals surface area contributed by atoms with Crippen LogP contribution in [-0.4, -0.2) is 20.3 Å². The zero-order valence-electron chi connectivity index (χ0n) is 9.96. The van der Waals surface area contributed by atoms with Gasteiger partial charge in [-0.05, 0) is 23.6 Å². The Morgan fingerprint density at radius 2 is 2.06 bits per heavy atom. The molecule has 0 amide bonds. The van der Waals surface area contributed by atoms with E-state index in [9.17, 15) is 0 Å². The van der Waals surface area contributed by atoms with Gasteiger partial charge in [-0.1, -0.05) is 35.0 Å². The molecular weight excluding hydrogens is 268 g/mol. The van der Waals surface area contributed by atoms with Crippen LogP contribution in [0.5, 0.6) is 5.75 Å². The molecule has 3 heteroatoms. The molecule has 1 aromatic rings. The van der Waals surface area contributed by atoms with E-state index in [1.807, 2.05) is 0 Å². The second-order valence-electron chi connectivity index (χ2n) is 3.62. The molecule has 0 saturated carbocycles. The van der Waals surface area contributed by atoms with Crippen LogP contribution in [0.15, 0.2) is 18.2 Å². The van der Waals surface area contributed by atoms with Gasteiger partial charge in [-0.25, -0.2) is 0 Å². The molecule has 0 spiro atoms. The number of halogens is 1. The summed E-state index contributed by atoms with van der Waals surface area (Å²) in [6.45, 7) is 3.61. The molecule has 0 aliphatic heterocycles. The van der Waals surface area contributed by atoms with Crippen molar-refractivity contribution in [2.24, 2.45) is 0 Å². The van der Waals surface area contributed by atoms with Gasteiger partial charge in [0, 0.05) is 25.5 Å². The fourth-order valence-corrected chi connectivity index (χ4v) is 1.84. The molecule has 0 aliphatic rings. The predicted molar refractivity (Wildman–Crippen MR) is 70.4 cm³/mol. The van der Waals surface area contributed by atoms with Crippen molar-refractivity contribution in [1.82, 2.24) is 0 Å². The van der Waals surface area contributed by atoms with E-state index in [0.717, 1.165) is 30.5 Å². The van der Waals surface area contributed by atoms with E-state index in [4.69, 9.17) is 9.47 Å². The van der Waals surface area contributed by atoms with Crippen molar-refractivity contribution >= 4 is 15.9 Å². The van der Waals surface area contributed by atoms with Crippen LogP contribution >= 0.6 is 15.9 Å². The Labute approximate surface area is 106 Å². The Kier molecular flexibility index (Phi) is 6.50. The molecule has 0 bridgehead atoms. The number of rotatable bonds is 7. The third-order valence-electron chi connectivity index (χ3n) is 2.42. The first-order chi connectivity index (χ1) is 7.81. The minimum atomic E-state index is 0.715. The summed E-state index contributed by atoms with van der Waals surface area (Å²) in [6.07, 6.45) is 1.93. The Balaban J connectivity index is 2.60. The van der Waals surface area contributed by atoms with Gasteiger partial charge in [0.2, 0.25) is 0 Å². The van der Waals surface area contributed by atoms with Gasteiger partial charge in [-0.15, -0.1) is 0 Å². The van der Waals surface area contributed by atoms with E-state index in [0.29, 0.717) is 6.61 Å². The van der Waals surface area contributed by atoms with Gasteiger partial charge in [-0.3, -0.25) is 0 Å². The molecule has 0 saturated heterocycles. The molecule has 0 aliphatic carbocycles. The molecule has 0 heterocycles. The average molecular weight is 287 g/mol. The SMILES string of the molecule is CCc1ccc(CBr)cc1OCCCOC. The maximum absolute atomic E-state index is 5.77. The van der Waals surface area contributed by atoms with Gasteiger partial charge < -0.3 is 9.47 Å². The van der Waals surface area contributed by atoms with E-state index in [2.05, 4.69) is 41.1 Å². The molecule has 2 nitrogen and oxygen atoms in total. The topological polar surface area (TPSA) is 18.5 Å². The molecule has 90 valence electrons. The number of aryl methyl sites for hydroxylation is 1. The highest BCUT2D eigenvalue weighted by atomic mass is 79.9. The summed E-state index contributed by atoms with van der Waals surface area (Å²) in [6, 6.07) is 6.39. The molecule has 0 N–H and O–H groups in total. The van der Waals surface area contributed by atoms with Crippen LogP contribution in [0, 0.1) is 0 Å². The minimum absolute atomic E-state index is 0.715. The number of ether oxygens (including phenoxy) is 2. The summed E-state index contributed by atoms with van der Waals surface area (Å²) >= 11 is 3.46. The highest BCUT2D eigenvalue weighted by Gasteiger charge is 2.03. The quantitative estimate of drug-likeness (QED) is 0.564. The molecule has 0 radical (unpaired) electrons. The molecule has 0 aromatic heterocycles. The molecule has 0 fully saturated rings. The molecule has 0 atom stereocenters. The average Bonchev–Trinajstić information content (AvgIpc) is 2.34. The van der Waals surface area contributed by atoms with Gasteiger partial charge in [-0.2, -0.15) is 0 Å². The normalized spacial score (nSPS) is 10.4. The summed E-state index contributed by atoms with van der Waals surface area (Å²) in [5.41, 5.74) is 2.51. The lowest BCUT2D eigenvalue weighted by Crippen LogP contribution is -2.03. The lowest BCUT2D eigenvalue weighted by Gasteiger charge is -2.11. The lowest BCUT2D eigenvalue weighted by molar-refractivity contribution is 0.172.